The summed E-state index contributed by atoms with van der Waals surface area (Å²) in [4.78, 5) is 20.1. The molecule has 1 fully saturated rings. The highest BCUT2D eigenvalue weighted by atomic mass is 16.5. The maximum Gasteiger partial charge on any atom is 0.293 e. The minimum atomic E-state index is 0.0622. The summed E-state index contributed by atoms with van der Waals surface area (Å²) in [6, 6.07) is 0.272. The normalized spacial score (nSPS) is 29.0. The first-order valence-electron chi connectivity index (χ1n) is 4.15. The number of ether oxygens (including phenoxy) is 1. The second kappa shape index (κ2) is 4.74. The van der Waals surface area contributed by atoms with E-state index in [0.29, 0.717) is 6.47 Å². The number of nitrogens with one attached hydrogen (secondary N) is 1. The summed E-state index contributed by atoms with van der Waals surface area (Å²) in [5.41, 5.74) is 0. The SMILES string of the molecule is O=CN[C@H]1CC[C@@H](OC=O)CC1. The summed E-state index contributed by atoms with van der Waals surface area (Å²) in [6.45, 7) is 0.498. The summed E-state index contributed by atoms with van der Waals surface area (Å²) in [5, 5.41) is 2.72. The van der Waals surface area contributed by atoms with Crippen molar-refractivity contribution in [3.63, 3.8) is 0 Å². The minimum Gasteiger partial charge on any atom is -0.465 e. The zero-order chi connectivity index (χ0) is 8.81. The zero-order valence-corrected chi connectivity index (χ0v) is 6.86. The number of hydrogen-bond acceptors (Lipinski definition) is 3. The molecule has 0 bridgehead atoms. The molecule has 68 valence electrons. The maximum atomic E-state index is 10.1. The second-order valence-electron chi connectivity index (χ2n) is 2.99. The summed E-state index contributed by atoms with van der Waals surface area (Å²) >= 11 is 0. The fourth-order valence-electron chi connectivity index (χ4n) is 1.54. The first-order valence-corrected chi connectivity index (χ1v) is 4.15. The van der Waals surface area contributed by atoms with Gasteiger partial charge in [-0.3, -0.25) is 9.59 Å². The van der Waals surface area contributed by atoms with Crippen molar-refractivity contribution < 1.29 is 14.3 Å². The van der Waals surface area contributed by atoms with Crippen LogP contribution in [0.25, 0.3) is 0 Å². The second-order valence-corrected chi connectivity index (χ2v) is 2.99. The molecule has 1 aliphatic carbocycles. The smallest absolute Gasteiger partial charge is 0.293 e. The van der Waals surface area contributed by atoms with Crippen molar-refractivity contribution in [3.8, 4) is 0 Å². The largest absolute Gasteiger partial charge is 0.465 e. The lowest BCUT2D eigenvalue weighted by Gasteiger charge is -2.26. The van der Waals surface area contributed by atoms with E-state index in [1.165, 1.54) is 0 Å². The fraction of sp³-hybridized carbons (Fsp3) is 0.750. The van der Waals surface area contributed by atoms with Gasteiger partial charge in [0, 0.05) is 6.04 Å². The Hall–Kier alpha value is -1.06. The van der Waals surface area contributed by atoms with Gasteiger partial charge in [0.2, 0.25) is 6.41 Å². The van der Waals surface area contributed by atoms with Crippen molar-refractivity contribution in [2.24, 2.45) is 0 Å². The van der Waals surface area contributed by atoms with Crippen LogP contribution in [-0.4, -0.2) is 25.0 Å². The highest BCUT2D eigenvalue weighted by Crippen LogP contribution is 2.20. The number of carbonyl (C=O) groups excluding carboxylic acids is 2. The van der Waals surface area contributed by atoms with E-state index in [4.69, 9.17) is 4.74 Å². The molecule has 4 heteroatoms. The molecule has 1 rings (SSSR count). The number of rotatable bonds is 4. The van der Waals surface area contributed by atoms with Gasteiger partial charge in [0.15, 0.2) is 0 Å². The molecule has 1 aliphatic rings. The molecule has 0 unspecified atom stereocenters. The third-order valence-corrected chi connectivity index (χ3v) is 2.23. The molecule has 0 heterocycles. The summed E-state index contributed by atoms with van der Waals surface area (Å²) < 4.78 is 4.81. The molecule has 0 atom stereocenters. The van der Waals surface area contributed by atoms with Crippen molar-refractivity contribution >= 4 is 12.9 Å². The number of hydrogen-bond donors (Lipinski definition) is 1. The Morgan fingerprint density at radius 1 is 1.17 bits per heavy atom. The topological polar surface area (TPSA) is 55.4 Å². The van der Waals surface area contributed by atoms with Gasteiger partial charge in [0.1, 0.15) is 6.10 Å². The molecule has 4 nitrogen and oxygen atoms in total. The predicted molar refractivity (Wildman–Crippen MR) is 42.4 cm³/mol. The molecule has 0 aliphatic heterocycles. The molecule has 0 spiro atoms. The van der Waals surface area contributed by atoms with Crippen molar-refractivity contribution in [3.05, 3.63) is 0 Å². The lowest BCUT2D eigenvalue weighted by atomic mass is 9.93. The van der Waals surface area contributed by atoms with Gasteiger partial charge in [0.05, 0.1) is 0 Å². The fourth-order valence-corrected chi connectivity index (χ4v) is 1.54. The van der Waals surface area contributed by atoms with E-state index in [0.717, 1.165) is 32.1 Å². The number of carbonyl (C=O) groups is 2. The van der Waals surface area contributed by atoms with Gasteiger partial charge in [-0.2, -0.15) is 0 Å². The highest BCUT2D eigenvalue weighted by Gasteiger charge is 2.20. The molecular weight excluding hydrogens is 158 g/mol. The van der Waals surface area contributed by atoms with Crippen LogP contribution in [0.4, 0.5) is 0 Å². The van der Waals surface area contributed by atoms with E-state index in [9.17, 15) is 9.59 Å². The Bertz CT molecular complexity index is 134. The van der Waals surface area contributed by atoms with Gasteiger partial charge in [-0.25, -0.2) is 0 Å². The predicted octanol–water partition coefficient (Wildman–Crippen LogP) is 0.217. The van der Waals surface area contributed by atoms with E-state index in [-0.39, 0.29) is 12.1 Å². The molecule has 1 N–H and O–H groups in total. The van der Waals surface area contributed by atoms with Crippen LogP contribution < -0.4 is 5.32 Å². The van der Waals surface area contributed by atoms with Crippen LogP contribution in [0.2, 0.25) is 0 Å². The van der Waals surface area contributed by atoms with Crippen LogP contribution in [0.15, 0.2) is 0 Å². The zero-order valence-electron chi connectivity index (χ0n) is 6.86. The van der Waals surface area contributed by atoms with E-state index in [2.05, 4.69) is 5.32 Å². The van der Waals surface area contributed by atoms with Crippen molar-refractivity contribution in [1.82, 2.24) is 5.32 Å². The molecular formula is C8H13NO3. The summed E-state index contributed by atoms with van der Waals surface area (Å²) in [6.07, 6.45) is 4.29. The Labute approximate surface area is 71.3 Å². The van der Waals surface area contributed by atoms with Crippen LogP contribution in [-0.2, 0) is 14.3 Å². The molecule has 0 saturated heterocycles. The van der Waals surface area contributed by atoms with Crippen molar-refractivity contribution in [1.29, 1.82) is 0 Å². The quantitative estimate of drug-likeness (QED) is 0.615. The van der Waals surface area contributed by atoms with Gasteiger partial charge < -0.3 is 10.1 Å². The van der Waals surface area contributed by atoms with E-state index in [1.54, 1.807) is 0 Å². The lowest BCUT2D eigenvalue weighted by molar-refractivity contribution is -0.135. The molecule has 0 aromatic rings. The van der Waals surface area contributed by atoms with Gasteiger partial charge in [-0.05, 0) is 25.7 Å². The summed E-state index contributed by atoms with van der Waals surface area (Å²) in [5.74, 6) is 0. The van der Waals surface area contributed by atoms with Crippen molar-refractivity contribution in [2.75, 3.05) is 0 Å². The Kier molecular flexibility index (Phi) is 3.57. The van der Waals surface area contributed by atoms with Crippen LogP contribution in [0.1, 0.15) is 25.7 Å². The Balaban J connectivity index is 2.19. The maximum absolute atomic E-state index is 10.1. The number of amides is 1. The molecule has 1 saturated carbocycles. The van der Waals surface area contributed by atoms with Crippen molar-refractivity contribution in [2.45, 2.75) is 37.8 Å². The van der Waals surface area contributed by atoms with Gasteiger partial charge in [-0.15, -0.1) is 0 Å². The van der Waals surface area contributed by atoms with Crippen LogP contribution in [0, 0.1) is 0 Å². The molecule has 0 radical (unpaired) electrons. The highest BCUT2D eigenvalue weighted by molar-refractivity contribution is 5.46. The van der Waals surface area contributed by atoms with Crippen LogP contribution in [0.5, 0.6) is 0 Å². The first kappa shape index (κ1) is 9.03. The van der Waals surface area contributed by atoms with Gasteiger partial charge in [-0.1, -0.05) is 0 Å². The molecule has 1 amide bonds. The molecule has 0 aromatic heterocycles. The van der Waals surface area contributed by atoms with E-state index >= 15 is 0 Å². The molecule has 12 heavy (non-hydrogen) atoms. The first-order chi connectivity index (χ1) is 5.86. The van der Waals surface area contributed by atoms with Crippen LogP contribution >= 0.6 is 0 Å². The third-order valence-electron chi connectivity index (χ3n) is 2.23. The van der Waals surface area contributed by atoms with Gasteiger partial charge in [0.25, 0.3) is 6.47 Å². The Morgan fingerprint density at radius 2 is 1.83 bits per heavy atom. The van der Waals surface area contributed by atoms with E-state index < -0.39 is 0 Å². The van der Waals surface area contributed by atoms with Gasteiger partial charge >= 0.3 is 0 Å². The Morgan fingerprint density at radius 3 is 2.33 bits per heavy atom. The van der Waals surface area contributed by atoms with Crippen LogP contribution in [0.3, 0.4) is 0 Å². The lowest BCUT2D eigenvalue weighted by Crippen LogP contribution is -2.34. The third kappa shape index (κ3) is 2.53. The monoisotopic (exact) mass is 171 g/mol. The average molecular weight is 171 g/mol. The summed E-state index contributed by atoms with van der Waals surface area (Å²) in [7, 11) is 0. The minimum absolute atomic E-state index is 0.0622. The van der Waals surface area contributed by atoms with E-state index in [1.807, 2.05) is 0 Å². The molecule has 0 aromatic carbocycles. The standard InChI is InChI=1S/C8H13NO3/c10-5-9-7-1-3-8(4-2-7)12-6-11/h5-8H,1-4H2,(H,9,10)/t7-,8+. The average Bonchev–Trinajstić information content (AvgIpc) is 2.09.